The number of rotatable bonds is 3. The molecular formula is C18H14FNO3. The quantitative estimate of drug-likeness (QED) is 0.456. The van der Waals surface area contributed by atoms with E-state index in [1.54, 1.807) is 0 Å². The van der Waals surface area contributed by atoms with Crippen LogP contribution < -0.4 is 0 Å². The monoisotopic (exact) mass is 311 g/mol. The van der Waals surface area contributed by atoms with Crippen LogP contribution in [-0.2, 0) is 9.53 Å². The summed E-state index contributed by atoms with van der Waals surface area (Å²) < 4.78 is 18.1. The molecule has 0 spiro atoms. The number of Topliss-reactive ketones (excluding diaryl/α,β-unsaturated/α-hetero) is 1. The van der Waals surface area contributed by atoms with Gasteiger partial charge in [0.2, 0.25) is 0 Å². The highest BCUT2D eigenvalue weighted by atomic mass is 19.1. The van der Waals surface area contributed by atoms with Crippen LogP contribution in [0.3, 0.4) is 0 Å². The Bertz CT molecular complexity index is 910. The molecule has 0 bridgehead atoms. The second-order valence-electron chi connectivity index (χ2n) is 5.25. The van der Waals surface area contributed by atoms with Gasteiger partial charge in [0.15, 0.2) is 0 Å². The molecule has 0 atom stereocenters. The van der Waals surface area contributed by atoms with E-state index < -0.39 is 17.6 Å². The molecule has 0 amide bonds. The molecule has 4 nitrogen and oxygen atoms in total. The molecule has 2 aromatic carbocycles. The second kappa shape index (κ2) is 5.68. The topological polar surface area (TPSA) is 59.2 Å². The molecule has 0 aliphatic heterocycles. The largest absolute Gasteiger partial charge is 0.463 e. The van der Waals surface area contributed by atoms with E-state index in [1.807, 2.05) is 31.2 Å². The fourth-order valence-electron chi connectivity index (χ4n) is 2.53. The summed E-state index contributed by atoms with van der Waals surface area (Å²) in [6.07, 6.45) is 0. The lowest BCUT2D eigenvalue weighted by Gasteiger charge is -2.04. The van der Waals surface area contributed by atoms with Crippen LogP contribution in [0.15, 0.2) is 42.5 Å². The fourth-order valence-corrected chi connectivity index (χ4v) is 2.53. The molecule has 23 heavy (non-hydrogen) atoms. The molecule has 0 saturated heterocycles. The van der Waals surface area contributed by atoms with Crippen molar-refractivity contribution in [3.63, 3.8) is 0 Å². The number of esters is 1. The van der Waals surface area contributed by atoms with Crippen LogP contribution in [0.5, 0.6) is 0 Å². The smallest absolute Gasteiger partial charge is 0.379 e. The van der Waals surface area contributed by atoms with Gasteiger partial charge in [0, 0.05) is 10.9 Å². The number of aromatic nitrogens is 1. The first kappa shape index (κ1) is 15.0. The maximum atomic E-state index is 13.6. The van der Waals surface area contributed by atoms with Crippen molar-refractivity contribution >= 4 is 22.7 Å². The molecule has 0 aliphatic rings. The molecule has 0 fully saturated rings. The number of methoxy groups -OCH3 is 1. The standard InChI is InChI=1S/C18H14FNO3/c1-10-3-5-11(6-4-10)16-15(17(21)18(22)23-2)13-9-12(19)7-8-14(13)20-16/h3-9,20H,1-2H3. The zero-order chi connectivity index (χ0) is 16.6. The zero-order valence-corrected chi connectivity index (χ0v) is 12.6. The zero-order valence-electron chi connectivity index (χ0n) is 12.6. The summed E-state index contributed by atoms with van der Waals surface area (Å²) >= 11 is 0. The first-order valence-electron chi connectivity index (χ1n) is 7.02. The van der Waals surface area contributed by atoms with E-state index in [0.717, 1.165) is 18.2 Å². The van der Waals surface area contributed by atoms with Gasteiger partial charge in [-0.3, -0.25) is 4.79 Å². The highest BCUT2D eigenvalue weighted by molar-refractivity contribution is 6.44. The third-order valence-electron chi connectivity index (χ3n) is 3.70. The van der Waals surface area contributed by atoms with E-state index >= 15 is 0 Å². The van der Waals surface area contributed by atoms with Crippen molar-refractivity contribution in [2.24, 2.45) is 0 Å². The van der Waals surface area contributed by atoms with Crippen LogP contribution in [0.4, 0.5) is 4.39 Å². The number of benzene rings is 2. The lowest BCUT2D eigenvalue weighted by molar-refractivity contribution is -0.135. The average Bonchev–Trinajstić information content (AvgIpc) is 2.92. The number of ketones is 1. The van der Waals surface area contributed by atoms with Crippen molar-refractivity contribution in [3.8, 4) is 11.3 Å². The number of nitrogens with one attached hydrogen (secondary N) is 1. The summed E-state index contributed by atoms with van der Waals surface area (Å²) in [5.74, 6) is -2.27. The van der Waals surface area contributed by atoms with Crippen molar-refractivity contribution < 1.29 is 18.7 Å². The Kier molecular flexibility index (Phi) is 3.70. The molecule has 1 heterocycles. The number of carbonyl (C=O) groups excluding carboxylic acids is 2. The van der Waals surface area contributed by atoms with Gasteiger partial charge in [-0.2, -0.15) is 0 Å². The predicted octanol–water partition coefficient (Wildman–Crippen LogP) is 3.64. The number of H-pyrrole nitrogens is 1. The summed E-state index contributed by atoms with van der Waals surface area (Å²) in [7, 11) is 1.14. The molecule has 3 aromatic rings. The average molecular weight is 311 g/mol. The van der Waals surface area contributed by atoms with E-state index in [9.17, 15) is 14.0 Å². The SMILES string of the molecule is COC(=O)C(=O)c1c(-c2ccc(C)cc2)[nH]c2ccc(F)cc12. The number of carbonyl (C=O) groups is 2. The minimum Gasteiger partial charge on any atom is -0.463 e. The van der Waals surface area contributed by atoms with Gasteiger partial charge in [0.25, 0.3) is 5.78 Å². The Hall–Kier alpha value is -2.95. The van der Waals surface area contributed by atoms with Crippen molar-refractivity contribution in [1.82, 2.24) is 4.98 Å². The van der Waals surface area contributed by atoms with E-state index in [4.69, 9.17) is 0 Å². The lowest BCUT2D eigenvalue weighted by Crippen LogP contribution is -2.16. The third-order valence-corrected chi connectivity index (χ3v) is 3.70. The number of halogens is 1. The Balaban J connectivity index is 2.30. The van der Waals surface area contributed by atoms with Crippen molar-refractivity contribution in [1.29, 1.82) is 0 Å². The minimum atomic E-state index is -0.983. The third kappa shape index (κ3) is 2.61. The van der Waals surface area contributed by atoms with Gasteiger partial charge >= 0.3 is 5.97 Å². The maximum absolute atomic E-state index is 13.6. The molecular weight excluding hydrogens is 297 g/mol. The van der Waals surface area contributed by atoms with Gasteiger partial charge in [-0.05, 0) is 30.7 Å². The second-order valence-corrected chi connectivity index (χ2v) is 5.25. The molecule has 0 unspecified atom stereocenters. The number of hydrogen-bond acceptors (Lipinski definition) is 3. The van der Waals surface area contributed by atoms with Crippen LogP contribution in [0, 0.1) is 12.7 Å². The molecule has 116 valence electrons. The fraction of sp³-hybridized carbons (Fsp3) is 0.111. The van der Waals surface area contributed by atoms with Gasteiger partial charge < -0.3 is 9.72 Å². The van der Waals surface area contributed by atoms with E-state index in [0.29, 0.717) is 16.6 Å². The Morgan fingerprint density at radius 1 is 1.09 bits per heavy atom. The highest BCUT2D eigenvalue weighted by Crippen LogP contribution is 2.31. The Morgan fingerprint density at radius 2 is 1.78 bits per heavy atom. The minimum absolute atomic E-state index is 0.121. The molecule has 0 radical (unpaired) electrons. The Labute approximate surface area is 131 Å². The number of hydrogen-bond donors (Lipinski definition) is 1. The Morgan fingerprint density at radius 3 is 2.43 bits per heavy atom. The summed E-state index contributed by atoms with van der Waals surface area (Å²) in [4.78, 5) is 27.2. The van der Waals surface area contributed by atoms with Crippen LogP contribution in [-0.4, -0.2) is 23.8 Å². The van der Waals surface area contributed by atoms with Crippen LogP contribution in [0.25, 0.3) is 22.2 Å². The first-order chi connectivity index (χ1) is 11.0. The summed E-state index contributed by atoms with van der Waals surface area (Å²) in [6.45, 7) is 1.95. The molecule has 0 saturated carbocycles. The van der Waals surface area contributed by atoms with Gasteiger partial charge in [-0.1, -0.05) is 29.8 Å². The van der Waals surface area contributed by atoms with E-state index in [1.165, 1.54) is 18.2 Å². The van der Waals surface area contributed by atoms with E-state index in [-0.39, 0.29) is 5.56 Å². The van der Waals surface area contributed by atoms with E-state index in [2.05, 4.69) is 9.72 Å². The van der Waals surface area contributed by atoms with Crippen LogP contribution in [0.1, 0.15) is 15.9 Å². The number of ether oxygens (including phenoxy) is 1. The molecule has 3 rings (SSSR count). The first-order valence-corrected chi connectivity index (χ1v) is 7.02. The normalized spacial score (nSPS) is 10.7. The van der Waals surface area contributed by atoms with Gasteiger partial charge in [-0.15, -0.1) is 0 Å². The molecule has 1 aromatic heterocycles. The van der Waals surface area contributed by atoms with Crippen LogP contribution >= 0.6 is 0 Å². The lowest BCUT2D eigenvalue weighted by atomic mass is 10.0. The van der Waals surface area contributed by atoms with Gasteiger partial charge in [0.1, 0.15) is 5.82 Å². The van der Waals surface area contributed by atoms with Gasteiger partial charge in [-0.25, -0.2) is 9.18 Å². The molecule has 5 heteroatoms. The van der Waals surface area contributed by atoms with Crippen LogP contribution in [0.2, 0.25) is 0 Å². The summed E-state index contributed by atoms with van der Waals surface area (Å²) in [6, 6.07) is 11.5. The maximum Gasteiger partial charge on any atom is 0.379 e. The number of aryl methyl sites for hydroxylation is 1. The summed E-state index contributed by atoms with van der Waals surface area (Å²) in [5, 5.41) is 0.357. The van der Waals surface area contributed by atoms with Crippen molar-refractivity contribution in [2.75, 3.05) is 7.11 Å². The number of fused-ring (bicyclic) bond motifs is 1. The molecule has 0 aliphatic carbocycles. The summed E-state index contributed by atoms with van der Waals surface area (Å²) in [5.41, 5.74) is 2.97. The predicted molar refractivity (Wildman–Crippen MR) is 84.8 cm³/mol. The van der Waals surface area contributed by atoms with Gasteiger partial charge in [0.05, 0.1) is 18.4 Å². The van der Waals surface area contributed by atoms with Crippen molar-refractivity contribution in [2.45, 2.75) is 6.92 Å². The number of aromatic amines is 1. The highest BCUT2D eigenvalue weighted by Gasteiger charge is 2.26. The van der Waals surface area contributed by atoms with Crippen molar-refractivity contribution in [3.05, 3.63) is 59.4 Å². The molecule has 1 N–H and O–H groups in total.